The van der Waals surface area contributed by atoms with E-state index >= 15 is 0 Å². The molecule has 0 bridgehead atoms. The fourth-order valence-corrected chi connectivity index (χ4v) is 4.87. The Balaban J connectivity index is 1.92. The van der Waals surface area contributed by atoms with E-state index in [1.165, 1.54) is 0 Å². The molecule has 1 aromatic carbocycles. The Morgan fingerprint density at radius 2 is 2.15 bits per heavy atom. The minimum Gasteiger partial charge on any atom is -0.493 e. The Hall–Kier alpha value is -2.57. The lowest BCUT2D eigenvalue weighted by molar-refractivity contribution is -0.164. The molecule has 0 saturated carbocycles. The van der Waals surface area contributed by atoms with Crippen LogP contribution in [0.4, 0.5) is 0 Å². The van der Waals surface area contributed by atoms with Crippen molar-refractivity contribution < 1.29 is 23.9 Å². The Morgan fingerprint density at radius 1 is 1.41 bits per heavy atom. The number of fused-ring (bicyclic) bond motifs is 5. The third kappa shape index (κ3) is 2.30. The van der Waals surface area contributed by atoms with E-state index in [0.717, 1.165) is 11.1 Å². The van der Waals surface area contributed by atoms with E-state index in [9.17, 15) is 14.4 Å². The number of nitrogens with one attached hydrogen (secondary N) is 1. The number of carbonyl (C=O) groups is 3. The molecule has 0 radical (unpaired) electrons. The first-order chi connectivity index (χ1) is 12.8. The van der Waals surface area contributed by atoms with Crippen molar-refractivity contribution in [2.45, 2.75) is 45.3 Å². The van der Waals surface area contributed by atoms with Gasteiger partial charge in [-0.3, -0.25) is 14.4 Å². The standard InChI is InChI=1S/C20H24N2O5/c1-5-26-18(24)15-13-9-27-14-7-6-10(2)8-12(14)16(13)22-17(23)11(3)21-19(25)20(15,22)4/h6-8,11,13,15-16H,5,9H2,1-4H3,(H,21,25)/t11?,13?,15?,16?,20-/m1/s1. The highest BCUT2D eigenvalue weighted by Gasteiger charge is 2.68. The fourth-order valence-electron chi connectivity index (χ4n) is 4.87. The fraction of sp³-hybridized carbons (Fsp3) is 0.550. The summed E-state index contributed by atoms with van der Waals surface area (Å²) >= 11 is 0. The first kappa shape index (κ1) is 17.8. The van der Waals surface area contributed by atoms with E-state index in [4.69, 9.17) is 9.47 Å². The third-order valence-electron chi connectivity index (χ3n) is 6.09. The number of ether oxygens (including phenoxy) is 2. The molecule has 5 atom stereocenters. The smallest absolute Gasteiger partial charge is 0.312 e. The number of hydrogen-bond acceptors (Lipinski definition) is 5. The predicted octanol–water partition coefficient (Wildman–Crippen LogP) is 1.34. The molecule has 2 saturated heterocycles. The van der Waals surface area contributed by atoms with Gasteiger partial charge in [0.15, 0.2) is 0 Å². The number of carbonyl (C=O) groups excluding carboxylic acids is 3. The van der Waals surface area contributed by atoms with E-state index in [-0.39, 0.29) is 30.9 Å². The topological polar surface area (TPSA) is 84.9 Å². The molecule has 3 aliphatic rings. The van der Waals surface area contributed by atoms with Gasteiger partial charge < -0.3 is 19.7 Å². The molecular weight excluding hydrogens is 348 g/mol. The summed E-state index contributed by atoms with van der Waals surface area (Å²) in [7, 11) is 0. The SMILES string of the molecule is CCOC(=O)C1C2COc3ccc(C)cc3C2N2C(=O)C(C)NC(=O)[C@@]12C. The van der Waals surface area contributed by atoms with Crippen LogP contribution in [0.25, 0.3) is 0 Å². The predicted molar refractivity (Wildman–Crippen MR) is 95.9 cm³/mol. The summed E-state index contributed by atoms with van der Waals surface area (Å²) in [5.41, 5.74) is 0.570. The summed E-state index contributed by atoms with van der Waals surface area (Å²) in [4.78, 5) is 40.7. The van der Waals surface area contributed by atoms with Crippen molar-refractivity contribution in [3.8, 4) is 5.75 Å². The maximum atomic E-state index is 13.2. The molecule has 7 nitrogen and oxygen atoms in total. The number of esters is 1. The number of piperazine rings is 1. The maximum absolute atomic E-state index is 13.2. The normalized spacial score (nSPS) is 34.1. The summed E-state index contributed by atoms with van der Waals surface area (Å²) in [5, 5.41) is 2.73. The second-order valence-corrected chi connectivity index (χ2v) is 7.74. The van der Waals surface area contributed by atoms with Crippen LogP contribution < -0.4 is 10.1 Å². The molecule has 0 spiro atoms. The molecule has 1 N–H and O–H groups in total. The maximum Gasteiger partial charge on any atom is 0.312 e. The average Bonchev–Trinajstić information content (AvgIpc) is 2.90. The van der Waals surface area contributed by atoms with Gasteiger partial charge in [0.2, 0.25) is 11.8 Å². The average molecular weight is 372 g/mol. The van der Waals surface area contributed by atoms with Gasteiger partial charge in [-0.25, -0.2) is 0 Å². The van der Waals surface area contributed by atoms with Gasteiger partial charge in [-0.05, 0) is 33.8 Å². The van der Waals surface area contributed by atoms with Gasteiger partial charge in [-0.2, -0.15) is 0 Å². The van der Waals surface area contributed by atoms with Crippen molar-refractivity contribution in [1.29, 1.82) is 0 Å². The zero-order chi connectivity index (χ0) is 19.5. The minimum atomic E-state index is -1.31. The summed E-state index contributed by atoms with van der Waals surface area (Å²) in [6.45, 7) is 7.50. The van der Waals surface area contributed by atoms with Crippen molar-refractivity contribution in [2.24, 2.45) is 11.8 Å². The lowest BCUT2D eigenvalue weighted by Crippen LogP contribution is -2.69. The highest BCUT2D eigenvalue weighted by molar-refractivity contribution is 6.03. The van der Waals surface area contributed by atoms with E-state index < -0.39 is 29.5 Å². The van der Waals surface area contributed by atoms with Gasteiger partial charge in [0.05, 0.1) is 25.2 Å². The number of rotatable bonds is 2. The van der Waals surface area contributed by atoms with Crippen LogP contribution in [0.2, 0.25) is 0 Å². The van der Waals surface area contributed by atoms with Crippen LogP contribution in [0, 0.1) is 18.8 Å². The summed E-state index contributed by atoms with van der Waals surface area (Å²) < 4.78 is 11.2. The van der Waals surface area contributed by atoms with Crippen LogP contribution in [0.1, 0.15) is 37.9 Å². The Labute approximate surface area is 158 Å². The number of hydrogen-bond donors (Lipinski definition) is 1. The van der Waals surface area contributed by atoms with Gasteiger partial charge >= 0.3 is 5.97 Å². The summed E-state index contributed by atoms with van der Waals surface area (Å²) in [6.07, 6.45) is 0. The van der Waals surface area contributed by atoms with Crippen LogP contribution in [0.3, 0.4) is 0 Å². The quantitative estimate of drug-likeness (QED) is 0.792. The monoisotopic (exact) mass is 372 g/mol. The Bertz CT molecular complexity index is 838. The number of benzene rings is 1. The lowest BCUT2D eigenvalue weighted by Gasteiger charge is -2.45. The third-order valence-corrected chi connectivity index (χ3v) is 6.09. The summed E-state index contributed by atoms with van der Waals surface area (Å²) in [6, 6.07) is 4.78. The Kier molecular flexibility index (Phi) is 3.94. The zero-order valence-electron chi connectivity index (χ0n) is 15.9. The first-order valence-electron chi connectivity index (χ1n) is 9.34. The van der Waals surface area contributed by atoms with Gasteiger partial charge in [0.25, 0.3) is 0 Å². The second-order valence-electron chi connectivity index (χ2n) is 7.74. The second kappa shape index (κ2) is 5.97. The van der Waals surface area contributed by atoms with Crippen LogP contribution in [-0.4, -0.2) is 47.5 Å². The molecule has 144 valence electrons. The zero-order valence-corrected chi connectivity index (χ0v) is 15.9. The molecule has 0 aliphatic carbocycles. The van der Waals surface area contributed by atoms with Crippen LogP contribution in [-0.2, 0) is 19.1 Å². The van der Waals surface area contributed by atoms with Gasteiger partial charge in [-0.15, -0.1) is 0 Å². The highest BCUT2D eigenvalue weighted by Crippen LogP contribution is 2.56. The largest absolute Gasteiger partial charge is 0.493 e. The molecule has 7 heteroatoms. The van der Waals surface area contributed by atoms with Crippen LogP contribution in [0.15, 0.2) is 18.2 Å². The molecule has 2 fully saturated rings. The van der Waals surface area contributed by atoms with Crippen LogP contribution >= 0.6 is 0 Å². The molecule has 4 unspecified atom stereocenters. The number of nitrogens with zero attached hydrogens (tertiary/aromatic N) is 1. The van der Waals surface area contributed by atoms with Crippen molar-refractivity contribution in [2.75, 3.05) is 13.2 Å². The molecule has 3 heterocycles. The first-order valence-corrected chi connectivity index (χ1v) is 9.34. The van der Waals surface area contributed by atoms with E-state index in [0.29, 0.717) is 5.75 Å². The van der Waals surface area contributed by atoms with Gasteiger partial charge in [-0.1, -0.05) is 17.7 Å². The molecule has 3 aliphatic heterocycles. The number of amides is 2. The van der Waals surface area contributed by atoms with Crippen LogP contribution in [0.5, 0.6) is 5.75 Å². The van der Waals surface area contributed by atoms with Crippen molar-refractivity contribution in [3.63, 3.8) is 0 Å². The number of aryl methyl sites for hydroxylation is 1. The lowest BCUT2D eigenvalue weighted by atomic mass is 9.77. The van der Waals surface area contributed by atoms with Gasteiger partial charge in [0.1, 0.15) is 17.3 Å². The molecular formula is C20H24N2O5. The minimum absolute atomic E-state index is 0.187. The highest BCUT2D eigenvalue weighted by atomic mass is 16.5. The molecule has 27 heavy (non-hydrogen) atoms. The van der Waals surface area contributed by atoms with Gasteiger partial charge in [0, 0.05) is 11.5 Å². The van der Waals surface area contributed by atoms with E-state index in [1.807, 2.05) is 25.1 Å². The molecule has 2 amide bonds. The van der Waals surface area contributed by atoms with Crippen molar-refractivity contribution in [3.05, 3.63) is 29.3 Å². The Morgan fingerprint density at radius 3 is 2.85 bits per heavy atom. The molecule has 1 aromatic rings. The molecule has 0 aromatic heterocycles. The summed E-state index contributed by atoms with van der Waals surface area (Å²) in [5.74, 6) is -1.41. The van der Waals surface area contributed by atoms with E-state index in [1.54, 1.807) is 25.7 Å². The molecule has 4 rings (SSSR count). The van der Waals surface area contributed by atoms with Crippen molar-refractivity contribution >= 4 is 17.8 Å². The van der Waals surface area contributed by atoms with Crippen molar-refractivity contribution in [1.82, 2.24) is 10.2 Å². The van der Waals surface area contributed by atoms with E-state index in [2.05, 4.69) is 5.32 Å².